The fourth-order valence-electron chi connectivity index (χ4n) is 6.16. The molecule has 6 heteroatoms. The second-order valence-corrected chi connectivity index (χ2v) is 14.7. The molecule has 0 aliphatic carbocycles. The van der Waals surface area contributed by atoms with Gasteiger partial charge in [-0.25, -0.2) is 0 Å². The molecule has 6 nitrogen and oxygen atoms in total. The van der Waals surface area contributed by atoms with Gasteiger partial charge in [-0.15, -0.1) is 0 Å². The minimum atomic E-state index is -0.0330. The number of esters is 2. The van der Waals surface area contributed by atoms with Gasteiger partial charge in [-0.1, -0.05) is 73.6 Å². The molecule has 0 saturated carbocycles. The number of likely N-dealkylation sites (tertiary alicyclic amines) is 2. The maximum atomic E-state index is 12.1. The molecular formula is C35H66N2O4. The lowest BCUT2D eigenvalue weighted by molar-refractivity contribution is -0.145. The van der Waals surface area contributed by atoms with E-state index in [4.69, 9.17) is 9.47 Å². The van der Waals surface area contributed by atoms with Crippen LogP contribution in [0.3, 0.4) is 0 Å². The summed E-state index contributed by atoms with van der Waals surface area (Å²) in [7, 11) is 0. The van der Waals surface area contributed by atoms with E-state index in [1.165, 1.54) is 44.9 Å². The Hall–Kier alpha value is -1.14. The quantitative estimate of drug-likeness (QED) is 0.108. The van der Waals surface area contributed by atoms with Gasteiger partial charge in [0.2, 0.25) is 0 Å². The molecule has 2 rings (SSSR count). The van der Waals surface area contributed by atoms with Gasteiger partial charge in [-0.2, -0.15) is 0 Å². The van der Waals surface area contributed by atoms with E-state index in [0.717, 1.165) is 89.6 Å². The molecule has 2 aliphatic rings. The van der Waals surface area contributed by atoms with Crippen LogP contribution in [0.1, 0.15) is 138 Å². The molecule has 2 aliphatic heterocycles. The molecule has 0 aromatic carbocycles. The highest BCUT2D eigenvalue weighted by atomic mass is 16.5. The van der Waals surface area contributed by atoms with Crippen molar-refractivity contribution in [3.05, 3.63) is 0 Å². The van der Waals surface area contributed by atoms with Crippen LogP contribution < -0.4 is 0 Å². The number of rotatable bonds is 20. The van der Waals surface area contributed by atoms with Crippen LogP contribution >= 0.6 is 0 Å². The first-order valence-corrected chi connectivity index (χ1v) is 17.3. The van der Waals surface area contributed by atoms with E-state index >= 15 is 0 Å². The number of ether oxygens (including phenoxy) is 2. The molecule has 0 spiro atoms. The first kappa shape index (κ1) is 36.1. The Morgan fingerprint density at radius 3 is 1.34 bits per heavy atom. The van der Waals surface area contributed by atoms with Crippen molar-refractivity contribution in [3.8, 4) is 0 Å². The van der Waals surface area contributed by atoms with E-state index in [1.54, 1.807) is 0 Å². The van der Waals surface area contributed by atoms with Crippen LogP contribution in [0.2, 0.25) is 0 Å². The van der Waals surface area contributed by atoms with Crippen molar-refractivity contribution >= 4 is 11.9 Å². The largest absolute Gasteiger partial charge is 0.466 e. The van der Waals surface area contributed by atoms with Crippen molar-refractivity contribution in [2.75, 3.05) is 52.5 Å². The second kappa shape index (κ2) is 19.2. The minimum Gasteiger partial charge on any atom is -0.466 e. The third-order valence-corrected chi connectivity index (χ3v) is 10.3. The number of hydrogen-bond acceptors (Lipinski definition) is 6. The van der Waals surface area contributed by atoms with E-state index in [1.807, 2.05) is 0 Å². The van der Waals surface area contributed by atoms with Crippen molar-refractivity contribution in [3.63, 3.8) is 0 Å². The standard InChI is InChI=1S/C35H66N2O4/c1-7-34(3,4)20-10-28-40-32(38)18-26-36-22-14-30(15-23-36)12-9-13-31-16-24-37(25-17-31)27-19-33(39)41-29-11-21-35(5,6)8-2/h30-31H,7-29H2,1-6H3. The monoisotopic (exact) mass is 579 g/mol. The fraction of sp³-hybridized carbons (Fsp3) is 0.943. The maximum absolute atomic E-state index is 12.1. The van der Waals surface area contributed by atoms with Gasteiger partial charge in [-0.3, -0.25) is 9.59 Å². The van der Waals surface area contributed by atoms with Crippen molar-refractivity contribution < 1.29 is 19.1 Å². The Morgan fingerprint density at radius 1 is 0.634 bits per heavy atom. The zero-order valence-electron chi connectivity index (χ0n) is 27.9. The highest BCUT2D eigenvalue weighted by Crippen LogP contribution is 2.28. The number of hydrogen-bond donors (Lipinski definition) is 0. The maximum Gasteiger partial charge on any atom is 0.307 e. The zero-order chi connectivity index (χ0) is 30.1. The Kier molecular flexibility index (Phi) is 16.9. The van der Waals surface area contributed by atoms with E-state index in [9.17, 15) is 9.59 Å². The average Bonchev–Trinajstić information content (AvgIpc) is 2.96. The lowest BCUT2D eigenvalue weighted by atomic mass is 9.85. The van der Waals surface area contributed by atoms with Crippen LogP contribution in [-0.4, -0.2) is 74.2 Å². The third kappa shape index (κ3) is 16.3. The highest BCUT2D eigenvalue weighted by molar-refractivity contribution is 5.69. The van der Waals surface area contributed by atoms with Crippen molar-refractivity contribution in [2.24, 2.45) is 22.7 Å². The molecule has 2 heterocycles. The first-order chi connectivity index (χ1) is 19.5. The highest BCUT2D eigenvalue weighted by Gasteiger charge is 2.23. The van der Waals surface area contributed by atoms with Crippen molar-refractivity contribution in [1.82, 2.24) is 9.80 Å². The number of carbonyl (C=O) groups excluding carboxylic acids is 2. The second-order valence-electron chi connectivity index (χ2n) is 14.7. The Labute approximate surface area is 253 Å². The van der Waals surface area contributed by atoms with Crippen molar-refractivity contribution in [2.45, 2.75) is 138 Å². The molecular weight excluding hydrogens is 512 g/mol. The van der Waals surface area contributed by atoms with Crippen LogP contribution in [0.15, 0.2) is 0 Å². The molecule has 240 valence electrons. The summed E-state index contributed by atoms with van der Waals surface area (Å²) in [4.78, 5) is 29.2. The molecule has 2 fully saturated rings. The predicted molar refractivity (Wildman–Crippen MR) is 170 cm³/mol. The van der Waals surface area contributed by atoms with Crippen LogP contribution in [0.25, 0.3) is 0 Å². The minimum absolute atomic E-state index is 0.0330. The summed E-state index contributed by atoms with van der Waals surface area (Å²) in [6, 6.07) is 0. The van der Waals surface area contributed by atoms with Gasteiger partial charge in [0.05, 0.1) is 26.1 Å². The van der Waals surface area contributed by atoms with Crippen LogP contribution in [-0.2, 0) is 19.1 Å². The molecule has 0 aromatic rings. The van der Waals surface area contributed by atoms with E-state index < -0.39 is 0 Å². The van der Waals surface area contributed by atoms with Gasteiger partial charge in [0.1, 0.15) is 0 Å². The van der Waals surface area contributed by atoms with Gasteiger partial charge >= 0.3 is 11.9 Å². The Morgan fingerprint density at radius 2 is 1.00 bits per heavy atom. The first-order valence-electron chi connectivity index (χ1n) is 17.3. The van der Waals surface area contributed by atoms with Crippen LogP contribution in [0.4, 0.5) is 0 Å². The molecule has 0 bridgehead atoms. The lowest BCUT2D eigenvalue weighted by Crippen LogP contribution is -2.36. The molecule has 0 amide bonds. The van der Waals surface area contributed by atoms with Gasteiger partial charge in [0.25, 0.3) is 0 Å². The summed E-state index contributed by atoms with van der Waals surface area (Å²) >= 11 is 0. The fourth-order valence-corrected chi connectivity index (χ4v) is 6.16. The summed E-state index contributed by atoms with van der Waals surface area (Å²) < 4.78 is 11.0. The SMILES string of the molecule is CCC(C)(C)CCCOC(=O)CCN1CCC(CCCC2CCN(CCC(=O)OCCCC(C)(C)CC)CC2)CC1. The molecule has 41 heavy (non-hydrogen) atoms. The van der Waals surface area contributed by atoms with Crippen LogP contribution in [0, 0.1) is 22.7 Å². The average molecular weight is 579 g/mol. The normalized spacial score (nSPS) is 18.5. The topological polar surface area (TPSA) is 59.1 Å². The molecule has 0 unspecified atom stereocenters. The summed E-state index contributed by atoms with van der Waals surface area (Å²) in [5.41, 5.74) is 0.691. The summed E-state index contributed by atoms with van der Waals surface area (Å²) in [5, 5.41) is 0. The number of carbonyl (C=O) groups is 2. The van der Waals surface area contributed by atoms with Gasteiger partial charge in [0.15, 0.2) is 0 Å². The number of piperidine rings is 2. The van der Waals surface area contributed by atoms with Crippen molar-refractivity contribution in [1.29, 1.82) is 0 Å². The Bertz CT molecular complexity index is 662. The molecule has 0 radical (unpaired) electrons. The van der Waals surface area contributed by atoms with E-state index in [0.29, 0.717) is 36.9 Å². The van der Waals surface area contributed by atoms with Crippen LogP contribution in [0.5, 0.6) is 0 Å². The van der Waals surface area contributed by atoms with E-state index in [2.05, 4.69) is 51.3 Å². The Balaban J connectivity index is 1.44. The lowest BCUT2D eigenvalue weighted by Gasteiger charge is -2.33. The third-order valence-electron chi connectivity index (χ3n) is 10.3. The smallest absolute Gasteiger partial charge is 0.307 e. The van der Waals surface area contributed by atoms with Gasteiger partial charge in [0, 0.05) is 13.1 Å². The summed E-state index contributed by atoms with van der Waals surface area (Å²) in [5.74, 6) is 1.63. The molecule has 0 aromatic heterocycles. The van der Waals surface area contributed by atoms with E-state index in [-0.39, 0.29) is 11.9 Å². The van der Waals surface area contributed by atoms with Gasteiger partial charge in [-0.05, 0) is 100 Å². The summed E-state index contributed by atoms with van der Waals surface area (Å²) in [6.07, 6.45) is 16.7. The molecule has 2 saturated heterocycles. The predicted octanol–water partition coefficient (Wildman–Crippen LogP) is 7.88. The zero-order valence-corrected chi connectivity index (χ0v) is 27.9. The molecule has 0 N–H and O–H groups in total. The molecule has 0 atom stereocenters. The van der Waals surface area contributed by atoms with Gasteiger partial charge < -0.3 is 19.3 Å². The number of nitrogens with zero attached hydrogens (tertiary/aromatic N) is 2. The summed E-state index contributed by atoms with van der Waals surface area (Å²) in [6.45, 7) is 20.9.